The van der Waals surface area contributed by atoms with Crippen LogP contribution < -0.4 is 10.1 Å². The van der Waals surface area contributed by atoms with Crippen molar-refractivity contribution in [2.24, 2.45) is 0 Å². The Bertz CT molecular complexity index is 438. The maximum absolute atomic E-state index is 5.65. The maximum Gasteiger partial charge on any atom is 0.133 e. The van der Waals surface area contributed by atoms with Crippen LogP contribution in [0.5, 0.6) is 5.75 Å². The van der Waals surface area contributed by atoms with E-state index < -0.39 is 0 Å². The van der Waals surface area contributed by atoms with Gasteiger partial charge in [-0.25, -0.2) is 0 Å². The summed E-state index contributed by atoms with van der Waals surface area (Å²) in [5.41, 5.74) is 1.21. The molecular weight excluding hydrogens is 306 g/mol. The second-order valence-electron chi connectivity index (χ2n) is 3.96. The van der Waals surface area contributed by atoms with E-state index in [4.69, 9.17) is 9.47 Å². The summed E-state index contributed by atoms with van der Waals surface area (Å²) < 4.78 is 11.6. The van der Waals surface area contributed by atoms with E-state index in [1.807, 2.05) is 13.0 Å². The van der Waals surface area contributed by atoms with Crippen molar-refractivity contribution in [2.75, 3.05) is 26.9 Å². The van der Waals surface area contributed by atoms with Crippen LogP contribution in [0.15, 0.2) is 22.7 Å². The number of nitrogens with one attached hydrogen (secondary N) is 1. The minimum Gasteiger partial charge on any atom is -0.491 e. The van der Waals surface area contributed by atoms with Gasteiger partial charge in [-0.05, 0) is 40.5 Å². The van der Waals surface area contributed by atoms with Crippen molar-refractivity contribution in [3.8, 4) is 17.6 Å². The molecule has 1 aromatic rings. The van der Waals surface area contributed by atoms with Gasteiger partial charge in [0.25, 0.3) is 0 Å². The zero-order chi connectivity index (χ0) is 13.9. The largest absolute Gasteiger partial charge is 0.491 e. The average Bonchev–Trinajstić information content (AvgIpc) is 2.42. The molecule has 1 aromatic carbocycles. The summed E-state index contributed by atoms with van der Waals surface area (Å²) in [5, 5.41) is 3.30. The Morgan fingerprint density at radius 3 is 2.84 bits per heavy atom. The third-order valence-corrected chi connectivity index (χ3v) is 3.09. The minimum atomic E-state index is 0.616. The van der Waals surface area contributed by atoms with Crippen LogP contribution in [0.2, 0.25) is 0 Å². The fraction of sp³-hybridized carbons (Fsp3) is 0.467. The smallest absolute Gasteiger partial charge is 0.133 e. The molecule has 104 valence electrons. The van der Waals surface area contributed by atoms with Crippen LogP contribution in [0.3, 0.4) is 0 Å². The van der Waals surface area contributed by atoms with Crippen LogP contribution in [-0.2, 0) is 11.3 Å². The van der Waals surface area contributed by atoms with Crippen LogP contribution in [-0.4, -0.2) is 26.9 Å². The predicted molar refractivity (Wildman–Crippen MR) is 81.3 cm³/mol. The number of methoxy groups -OCH3 is 1. The monoisotopic (exact) mass is 325 g/mol. The molecule has 0 fully saturated rings. The minimum absolute atomic E-state index is 0.616. The van der Waals surface area contributed by atoms with E-state index in [2.05, 4.69) is 45.2 Å². The number of ether oxygens (including phenoxy) is 2. The van der Waals surface area contributed by atoms with Crippen LogP contribution in [0, 0.1) is 11.8 Å². The lowest BCUT2D eigenvalue weighted by Crippen LogP contribution is -2.18. The Morgan fingerprint density at radius 2 is 2.16 bits per heavy atom. The normalized spacial score (nSPS) is 9.84. The van der Waals surface area contributed by atoms with E-state index in [0.717, 1.165) is 36.3 Å². The lowest BCUT2D eigenvalue weighted by molar-refractivity contribution is 0.199. The maximum atomic E-state index is 5.65. The fourth-order valence-electron chi connectivity index (χ4n) is 1.52. The molecule has 0 saturated carbocycles. The van der Waals surface area contributed by atoms with Gasteiger partial charge in [-0.2, -0.15) is 0 Å². The first-order valence-corrected chi connectivity index (χ1v) is 7.07. The van der Waals surface area contributed by atoms with Gasteiger partial charge in [-0.1, -0.05) is 6.07 Å². The summed E-state index contributed by atoms with van der Waals surface area (Å²) in [7, 11) is 1.70. The van der Waals surface area contributed by atoms with Gasteiger partial charge in [0.05, 0.1) is 17.7 Å². The molecule has 0 saturated heterocycles. The van der Waals surface area contributed by atoms with Crippen molar-refractivity contribution in [3.63, 3.8) is 0 Å². The van der Waals surface area contributed by atoms with Crippen LogP contribution >= 0.6 is 15.9 Å². The number of rotatable bonds is 8. The molecule has 0 unspecified atom stereocenters. The number of halogens is 1. The fourth-order valence-corrected chi connectivity index (χ4v) is 2.06. The van der Waals surface area contributed by atoms with E-state index in [1.165, 1.54) is 5.56 Å². The highest BCUT2D eigenvalue weighted by atomic mass is 79.9. The molecule has 0 spiro atoms. The lowest BCUT2D eigenvalue weighted by atomic mass is 10.2. The number of hydrogen-bond donors (Lipinski definition) is 1. The van der Waals surface area contributed by atoms with Gasteiger partial charge < -0.3 is 14.8 Å². The second kappa shape index (κ2) is 9.85. The number of benzene rings is 1. The predicted octanol–water partition coefficient (Wildman–Crippen LogP) is 2.98. The Morgan fingerprint density at radius 1 is 1.32 bits per heavy atom. The van der Waals surface area contributed by atoms with Crippen molar-refractivity contribution < 1.29 is 9.47 Å². The highest BCUT2D eigenvalue weighted by Crippen LogP contribution is 2.26. The first kappa shape index (κ1) is 16.0. The molecule has 0 aliphatic heterocycles. The van der Waals surface area contributed by atoms with Gasteiger partial charge in [-0.15, -0.1) is 11.8 Å². The van der Waals surface area contributed by atoms with Crippen LogP contribution in [0.25, 0.3) is 0 Å². The number of hydrogen-bond acceptors (Lipinski definition) is 3. The summed E-state index contributed by atoms with van der Waals surface area (Å²) in [5.74, 6) is 6.69. The van der Waals surface area contributed by atoms with Gasteiger partial charge in [0.15, 0.2) is 0 Å². The molecule has 3 nitrogen and oxygen atoms in total. The van der Waals surface area contributed by atoms with Crippen molar-refractivity contribution in [1.82, 2.24) is 5.32 Å². The molecular formula is C15H20BrNO2. The van der Waals surface area contributed by atoms with Crippen molar-refractivity contribution in [1.29, 1.82) is 0 Å². The summed E-state index contributed by atoms with van der Waals surface area (Å²) in [6.45, 7) is 4.85. The first-order valence-electron chi connectivity index (χ1n) is 6.28. The summed E-state index contributed by atoms with van der Waals surface area (Å²) >= 11 is 3.53. The van der Waals surface area contributed by atoms with Crippen LogP contribution in [0.1, 0.15) is 18.9 Å². The van der Waals surface area contributed by atoms with Crippen molar-refractivity contribution >= 4 is 15.9 Å². The molecule has 0 aromatic heterocycles. The van der Waals surface area contributed by atoms with Gasteiger partial charge in [-0.3, -0.25) is 0 Å². The highest BCUT2D eigenvalue weighted by molar-refractivity contribution is 9.10. The molecule has 0 atom stereocenters. The molecule has 0 amide bonds. The zero-order valence-corrected chi connectivity index (χ0v) is 13.0. The average molecular weight is 326 g/mol. The molecule has 0 aliphatic rings. The summed E-state index contributed by atoms with van der Waals surface area (Å²) in [6.07, 6.45) is 0.753. The highest BCUT2D eigenvalue weighted by Gasteiger charge is 2.02. The van der Waals surface area contributed by atoms with E-state index >= 15 is 0 Å². The standard InChI is InChI=1S/C15H20BrNO2/c1-3-4-5-9-19-15-7-6-13(11-14(15)16)12-17-8-10-18-2/h6-7,11,17H,5,8-10,12H2,1-2H3. The van der Waals surface area contributed by atoms with Crippen molar-refractivity contribution in [2.45, 2.75) is 19.9 Å². The molecule has 0 heterocycles. The van der Waals surface area contributed by atoms with E-state index in [9.17, 15) is 0 Å². The molecule has 1 N–H and O–H groups in total. The van der Waals surface area contributed by atoms with Gasteiger partial charge >= 0.3 is 0 Å². The summed E-state index contributed by atoms with van der Waals surface area (Å²) in [6, 6.07) is 6.11. The Kier molecular flexibility index (Phi) is 8.31. The van der Waals surface area contributed by atoms with Crippen molar-refractivity contribution in [3.05, 3.63) is 28.2 Å². The Labute approximate surface area is 123 Å². The molecule has 0 radical (unpaired) electrons. The Balaban J connectivity index is 2.41. The SMILES string of the molecule is CC#CCCOc1ccc(CNCCOC)cc1Br. The Hall–Kier alpha value is -1.02. The van der Waals surface area contributed by atoms with Gasteiger partial charge in [0.1, 0.15) is 5.75 Å². The quantitative estimate of drug-likeness (QED) is 0.588. The van der Waals surface area contributed by atoms with E-state index in [0.29, 0.717) is 6.61 Å². The lowest BCUT2D eigenvalue weighted by Gasteiger charge is -2.09. The van der Waals surface area contributed by atoms with Gasteiger partial charge in [0.2, 0.25) is 0 Å². The third kappa shape index (κ3) is 6.63. The summed E-state index contributed by atoms with van der Waals surface area (Å²) in [4.78, 5) is 0. The molecule has 4 heteroatoms. The second-order valence-corrected chi connectivity index (χ2v) is 4.81. The molecule has 1 rings (SSSR count). The van der Waals surface area contributed by atoms with E-state index in [1.54, 1.807) is 7.11 Å². The topological polar surface area (TPSA) is 30.5 Å². The molecule has 0 bridgehead atoms. The molecule has 19 heavy (non-hydrogen) atoms. The van der Waals surface area contributed by atoms with Gasteiger partial charge in [0, 0.05) is 26.6 Å². The first-order chi connectivity index (χ1) is 9.27. The molecule has 0 aliphatic carbocycles. The third-order valence-electron chi connectivity index (χ3n) is 2.47. The van der Waals surface area contributed by atoms with Crippen LogP contribution in [0.4, 0.5) is 0 Å². The zero-order valence-electron chi connectivity index (χ0n) is 11.5. The van der Waals surface area contributed by atoms with E-state index in [-0.39, 0.29) is 0 Å².